The number of aromatic nitrogens is 1. The summed E-state index contributed by atoms with van der Waals surface area (Å²) in [5, 5.41) is 16.9. The Balaban J connectivity index is 0.000000612. The first kappa shape index (κ1) is 15.6. The number of rotatable bonds is 3. The predicted molar refractivity (Wildman–Crippen MR) is 69.3 cm³/mol. The van der Waals surface area contributed by atoms with E-state index >= 15 is 0 Å². The molecule has 6 nitrogen and oxygen atoms in total. The fourth-order valence-electron chi connectivity index (χ4n) is 1.30. The fourth-order valence-corrected chi connectivity index (χ4v) is 2.25. The van der Waals surface area contributed by atoms with Crippen LogP contribution < -0.4 is 0 Å². The molecule has 0 fully saturated rings. The Morgan fingerprint density at radius 1 is 1.35 bits per heavy atom. The van der Waals surface area contributed by atoms with Crippen LogP contribution in [0.25, 0.3) is 0 Å². The molecule has 0 unspecified atom stereocenters. The summed E-state index contributed by atoms with van der Waals surface area (Å²) in [4.78, 5) is 24.1. The molecule has 1 heterocycles. The number of pyridine rings is 1. The number of carboxylic acids is 1. The summed E-state index contributed by atoms with van der Waals surface area (Å²) in [6.07, 6.45) is 2.87. The summed E-state index contributed by atoms with van der Waals surface area (Å²) in [5.74, 6) is -1.37. The zero-order valence-electron chi connectivity index (χ0n) is 9.93. The maximum absolute atomic E-state index is 13.0. The Kier molecular flexibility index (Phi) is 6.11. The highest BCUT2D eigenvalue weighted by atomic mass is 32.2. The number of nitrogens with zero attached hydrogens (tertiary/aromatic N) is 2. The SMILES string of the molecule is O=C(O)c1ccncc1Sc1cccc(F)c1.O=NO. The highest BCUT2D eigenvalue weighted by Gasteiger charge is 2.10. The van der Waals surface area contributed by atoms with Gasteiger partial charge in [-0.1, -0.05) is 17.8 Å². The van der Waals surface area contributed by atoms with E-state index in [2.05, 4.69) is 4.98 Å². The molecule has 104 valence electrons. The van der Waals surface area contributed by atoms with Gasteiger partial charge in [-0.25, -0.2) is 9.18 Å². The predicted octanol–water partition coefficient (Wildman–Crippen LogP) is 3.21. The topological polar surface area (TPSA) is 99.8 Å². The summed E-state index contributed by atoms with van der Waals surface area (Å²) in [7, 11) is 0. The highest BCUT2D eigenvalue weighted by molar-refractivity contribution is 7.99. The van der Waals surface area contributed by atoms with Gasteiger partial charge in [-0.05, 0) is 24.3 Å². The van der Waals surface area contributed by atoms with E-state index in [1.54, 1.807) is 12.1 Å². The van der Waals surface area contributed by atoms with Crippen molar-refractivity contribution in [2.24, 2.45) is 5.34 Å². The average molecular weight is 296 g/mol. The van der Waals surface area contributed by atoms with Crippen molar-refractivity contribution < 1.29 is 19.5 Å². The van der Waals surface area contributed by atoms with Gasteiger partial charge >= 0.3 is 5.97 Å². The second-order valence-electron chi connectivity index (χ2n) is 3.32. The van der Waals surface area contributed by atoms with Crippen molar-refractivity contribution in [3.63, 3.8) is 0 Å². The Bertz CT molecular complexity index is 610. The summed E-state index contributed by atoms with van der Waals surface area (Å²) in [6, 6.07) is 7.40. The molecule has 0 bridgehead atoms. The minimum Gasteiger partial charge on any atom is -0.478 e. The highest BCUT2D eigenvalue weighted by Crippen LogP contribution is 2.30. The largest absolute Gasteiger partial charge is 0.478 e. The van der Waals surface area contributed by atoms with Gasteiger partial charge in [-0.15, -0.1) is 4.91 Å². The molecule has 0 saturated heterocycles. The lowest BCUT2D eigenvalue weighted by Crippen LogP contribution is -1.98. The average Bonchev–Trinajstić information content (AvgIpc) is 2.40. The Morgan fingerprint density at radius 2 is 2.05 bits per heavy atom. The first-order valence-corrected chi connectivity index (χ1v) is 5.97. The summed E-state index contributed by atoms with van der Waals surface area (Å²) >= 11 is 1.17. The zero-order chi connectivity index (χ0) is 15.0. The molecule has 2 N–H and O–H groups in total. The molecule has 0 spiro atoms. The van der Waals surface area contributed by atoms with E-state index in [0.29, 0.717) is 9.79 Å². The van der Waals surface area contributed by atoms with Crippen molar-refractivity contribution in [2.75, 3.05) is 0 Å². The quantitative estimate of drug-likeness (QED) is 0.666. The molecule has 2 aromatic rings. The molecule has 0 atom stereocenters. The Labute approximate surface area is 117 Å². The maximum atomic E-state index is 13.0. The van der Waals surface area contributed by atoms with Gasteiger partial charge in [0.1, 0.15) is 5.82 Å². The summed E-state index contributed by atoms with van der Waals surface area (Å²) < 4.78 is 13.0. The normalized spacial score (nSPS) is 9.25. The monoisotopic (exact) mass is 296 g/mol. The number of hydrogen-bond acceptors (Lipinski definition) is 5. The Hall–Kier alpha value is -2.48. The molecule has 0 amide bonds. The van der Waals surface area contributed by atoms with Crippen LogP contribution in [0.2, 0.25) is 0 Å². The molecule has 0 aliphatic rings. The number of hydrogen-bond donors (Lipinski definition) is 2. The van der Waals surface area contributed by atoms with Crippen LogP contribution in [0.4, 0.5) is 4.39 Å². The number of aromatic carboxylic acids is 1. The number of halogens is 1. The van der Waals surface area contributed by atoms with Crippen molar-refractivity contribution in [2.45, 2.75) is 9.79 Å². The third-order valence-electron chi connectivity index (χ3n) is 2.04. The van der Waals surface area contributed by atoms with Crippen LogP contribution in [0.3, 0.4) is 0 Å². The molecule has 1 aromatic carbocycles. The van der Waals surface area contributed by atoms with Crippen LogP contribution in [0.1, 0.15) is 10.4 Å². The molecule has 2 rings (SSSR count). The maximum Gasteiger partial charge on any atom is 0.336 e. The number of carboxylic acid groups (broad SMARTS) is 1. The lowest BCUT2D eigenvalue weighted by Gasteiger charge is -2.04. The van der Waals surface area contributed by atoms with E-state index in [4.69, 9.17) is 15.2 Å². The van der Waals surface area contributed by atoms with Crippen molar-refractivity contribution in [3.05, 3.63) is 59.0 Å². The van der Waals surface area contributed by atoms with Gasteiger partial charge in [-0.2, -0.15) is 0 Å². The van der Waals surface area contributed by atoms with E-state index in [0.717, 1.165) is 0 Å². The summed E-state index contributed by atoms with van der Waals surface area (Å²) in [5.41, 5.74) is 0.161. The van der Waals surface area contributed by atoms with Crippen molar-refractivity contribution in [1.82, 2.24) is 4.98 Å². The van der Waals surface area contributed by atoms with Crippen LogP contribution in [-0.4, -0.2) is 21.3 Å². The van der Waals surface area contributed by atoms with Crippen LogP contribution >= 0.6 is 11.8 Å². The first-order valence-electron chi connectivity index (χ1n) is 5.16. The van der Waals surface area contributed by atoms with E-state index in [9.17, 15) is 9.18 Å². The molecule has 0 aliphatic carbocycles. The molecular formula is C12H9FN2O4S. The van der Waals surface area contributed by atoms with Crippen molar-refractivity contribution in [1.29, 1.82) is 0 Å². The zero-order valence-corrected chi connectivity index (χ0v) is 10.7. The lowest BCUT2D eigenvalue weighted by atomic mass is 10.3. The van der Waals surface area contributed by atoms with E-state index in [1.165, 1.54) is 47.7 Å². The molecule has 20 heavy (non-hydrogen) atoms. The third-order valence-corrected chi connectivity index (χ3v) is 3.07. The first-order chi connectivity index (χ1) is 9.58. The van der Waals surface area contributed by atoms with Gasteiger partial charge in [0.15, 0.2) is 5.34 Å². The lowest BCUT2D eigenvalue weighted by molar-refractivity contribution is 0.0693. The van der Waals surface area contributed by atoms with E-state index in [-0.39, 0.29) is 11.4 Å². The second-order valence-corrected chi connectivity index (χ2v) is 4.43. The molecule has 0 saturated carbocycles. The number of benzene rings is 1. The van der Waals surface area contributed by atoms with Gasteiger partial charge in [-0.3, -0.25) is 4.98 Å². The van der Waals surface area contributed by atoms with Crippen LogP contribution in [-0.2, 0) is 0 Å². The standard InChI is InChI=1S/C12H8FNO2S.HNO2/c13-8-2-1-3-9(6-8)17-11-7-14-5-4-10(11)12(15)16;2-1-3/h1-7H,(H,15,16);(H,2,3). The molecule has 1 aromatic heterocycles. The van der Waals surface area contributed by atoms with Crippen molar-refractivity contribution >= 4 is 17.7 Å². The summed E-state index contributed by atoms with van der Waals surface area (Å²) in [6.45, 7) is 0. The van der Waals surface area contributed by atoms with E-state index in [1.807, 2.05) is 0 Å². The minimum atomic E-state index is -1.02. The number of carbonyl (C=O) groups is 1. The van der Waals surface area contributed by atoms with Crippen LogP contribution in [0.15, 0.2) is 57.9 Å². The van der Waals surface area contributed by atoms with Gasteiger partial charge in [0.25, 0.3) is 0 Å². The minimum absolute atomic E-state index is 0.161. The van der Waals surface area contributed by atoms with Crippen LogP contribution in [0, 0.1) is 10.7 Å². The second kappa shape index (κ2) is 7.85. The molecule has 8 heteroatoms. The van der Waals surface area contributed by atoms with Crippen LogP contribution in [0.5, 0.6) is 0 Å². The Morgan fingerprint density at radius 3 is 2.65 bits per heavy atom. The molecule has 0 radical (unpaired) electrons. The fraction of sp³-hybridized carbons (Fsp3) is 0. The molecular weight excluding hydrogens is 287 g/mol. The van der Waals surface area contributed by atoms with Gasteiger partial charge < -0.3 is 10.3 Å². The van der Waals surface area contributed by atoms with Crippen molar-refractivity contribution in [3.8, 4) is 0 Å². The smallest absolute Gasteiger partial charge is 0.336 e. The van der Waals surface area contributed by atoms with Gasteiger partial charge in [0.2, 0.25) is 0 Å². The van der Waals surface area contributed by atoms with Gasteiger partial charge in [0, 0.05) is 22.2 Å². The molecule has 0 aliphatic heterocycles. The van der Waals surface area contributed by atoms with Gasteiger partial charge in [0.05, 0.1) is 5.56 Å². The van der Waals surface area contributed by atoms with E-state index < -0.39 is 5.97 Å². The third kappa shape index (κ3) is 4.65.